The van der Waals surface area contributed by atoms with Crippen LogP contribution >= 0.6 is 0 Å². The monoisotopic (exact) mass is 427 g/mol. The van der Waals surface area contributed by atoms with Crippen LogP contribution in [0.4, 0.5) is 14.5 Å². The number of H-pyrrole nitrogens is 1. The number of hydrogen-bond acceptors (Lipinski definition) is 4. The normalized spacial score (nSPS) is 16.3. The van der Waals surface area contributed by atoms with Gasteiger partial charge in [0.25, 0.3) is 11.8 Å². The summed E-state index contributed by atoms with van der Waals surface area (Å²) in [4.78, 5) is 27.3. The second-order valence-electron chi connectivity index (χ2n) is 7.39. The average Bonchev–Trinajstić information content (AvgIpc) is 3.38. The summed E-state index contributed by atoms with van der Waals surface area (Å²) in [6.07, 6.45) is 2.01. The molecule has 1 fully saturated rings. The molecule has 1 saturated heterocycles. The molecule has 2 aromatic carbocycles. The van der Waals surface area contributed by atoms with E-state index in [2.05, 4.69) is 37.9 Å². The van der Waals surface area contributed by atoms with Gasteiger partial charge in [-0.25, -0.2) is 8.78 Å². The van der Waals surface area contributed by atoms with Crippen LogP contribution < -0.4 is 10.6 Å². The molecule has 162 valence electrons. The molecule has 1 unspecified atom stereocenters. The molecule has 3 aromatic rings. The molecule has 0 aliphatic carbocycles. The molecule has 1 aromatic heterocycles. The summed E-state index contributed by atoms with van der Waals surface area (Å²) in [5, 5.41) is 11.6. The molecule has 3 N–H and O–H groups in total. The van der Waals surface area contributed by atoms with E-state index in [1.807, 2.05) is 18.2 Å². The van der Waals surface area contributed by atoms with E-state index >= 15 is 0 Å². The molecule has 2 heterocycles. The Labute approximate surface area is 178 Å². The smallest absolute Gasteiger partial charge is 0.271 e. The second kappa shape index (κ2) is 9.05. The van der Waals surface area contributed by atoms with E-state index in [9.17, 15) is 18.4 Å². The zero-order chi connectivity index (χ0) is 21.8. The van der Waals surface area contributed by atoms with E-state index < -0.39 is 29.0 Å². The molecule has 9 heteroatoms. The van der Waals surface area contributed by atoms with Crippen LogP contribution in [0.1, 0.15) is 34.3 Å². The minimum Gasteiger partial charge on any atom is -0.347 e. The van der Waals surface area contributed by atoms with Crippen LogP contribution in [0.15, 0.2) is 54.7 Å². The summed E-state index contributed by atoms with van der Waals surface area (Å²) in [7, 11) is 0. The van der Waals surface area contributed by atoms with Crippen LogP contribution in [0, 0.1) is 11.6 Å². The number of rotatable bonds is 6. The number of amides is 2. The van der Waals surface area contributed by atoms with Crippen molar-refractivity contribution in [2.24, 2.45) is 0 Å². The number of aromatic nitrogens is 2. The Balaban J connectivity index is 0.00000289. The minimum absolute atomic E-state index is 0. The first-order valence-corrected chi connectivity index (χ1v) is 9.87. The van der Waals surface area contributed by atoms with Crippen LogP contribution in [0.2, 0.25) is 0 Å². The van der Waals surface area contributed by atoms with E-state index in [0.717, 1.165) is 31.6 Å². The molecule has 0 saturated carbocycles. The Morgan fingerprint density at radius 1 is 1.10 bits per heavy atom. The van der Waals surface area contributed by atoms with Gasteiger partial charge >= 0.3 is 0 Å². The predicted octanol–water partition coefficient (Wildman–Crippen LogP) is 3.19. The van der Waals surface area contributed by atoms with Gasteiger partial charge in [-0.1, -0.05) is 36.4 Å². The summed E-state index contributed by atoms with van der Waals surface area (Å²) < 4.78 is 27.7. The largest absolute Gasteiger partial charge is 0.347 e. The van der Waals surface area contributed by atoms with Crippen molar-refractivity contribution in [1.82, 2.24) is 20.4 Å². The number of anilines is 1. The Morgan fingerprint density at radius 3 is 2.58 bits per heavy atom. The predicted molar refractivity (Wildman–Crippen MR) is 113 cm³/mol. The van der Waals surface area contributed by atoms with Gasteiger partial charge in [0, 0.05) is 27.1 Å². The van der Waals surface area contributed by atoms with Crippen molar-refractivity contribution in [3.8, 4) is 0 Å². The van der Waals surface area contributed by atoms with Crippen LogP contribution in [-0.2, 0) is 6.54 Å². The summed E-state index contributed by atoms with van der Waals surface area (Å²) in [5.41, 5.74) is 0.548. The number of aromatic amines is 1. The maximum atomic E-state index is 13.8. The first kappa shape index (κ1) is 20.7. The minimum atomic E-state index is -0.999. The molecular formula is C22H23F2N5O2. The Morgan fingerprint density at radius 2 is 1.84 bits per heavy atom. The third-order valence-corrected chi connectivity index (χ3v) is 5.16. The molecular weight excluding hydrogens is 404 g/mol. The van der Waals surface area contributed by atoms with Gasteiger partial charge in [-0.2, -0.15) is 5.10 Å². The lowest BCUT2D eigenvalue weighted by atomic mass is 10.1. The van der Waals surface area contributed by atoms with Gasteiger partial charge in [0.1, 0.15) is 22.9 Å². The van der Waals surface area contributed by atoms with E-state index in [-0.39, 0.29) is 18.8 Å². The highest BCUT2D eigenvalue weighted by Crippen LogP contribution is 2.19. The van der Waals surface area contributed by atoms with Crippen molar-refractivity contribution >= 4 is 17.5 Å². The maximum absolute atomic E-state index is 13.8. The van der Waals surface area contributed by atoms with Gasteiger partial charge in [-0.05, 0) is 24.1 Å². The van der Waals surface area contributed by atoms with E-state index in [4.69, 9.17) is 0 Å². The molecule has 0 bridgehead atoms. The SMILES string of the molecule is O=C(NC1CCN(Cc2ccccc2)C1)c1[nH]ncc1NC(=O)c1c(F)cccc1F.[HH]. The molecule has 31 heavy (non-hydrogen) atoms. The number of carbonyl (C=O) groups is 2. The van der Waals surface area contributed by atoms with Gasteiger partial charge in [-0.3, -0.25) is 19.6 Å². The zero-order valence-corrected chi connectivity index (χ0v) is 16.6. The van der Waals surface area contributed by atoms with Crippen LogP contribution in [0.25, 0.3) is 0 Å². The Bertz CT molecular complexity index is 1070. The molecule has 4 rings (SSSR count). The lowest BCUT2D eigenvalue weighted by Crippen LogP contribution is -2.37. The fraction of sp³-hybridized carbons (Fsp3) is 0.227. The maximum Gasteiger partial charge on any atom is 0.271 e. The van der Waals surface area contributed by atoms with Gasteiger partial charge in [0.15, 0.2) is 0 Å². The highest BCUT2D eigenvalue weighted by molar-refractivity contribution is 6.08. The molecule has 7 nitrogen and oxygen atoms in total. The second-order valence-corrected chi connectivity index (χ2v) is 7.39. The van der Waals surface area contributed by atoms with Crippen molar-refractivity contribution in [2.45, 2.75) is 19.0 Å². The third kappa shape index (κ3) is 4.77. The summed E-state index contributed by atoms with van der Waals surface area (Å²) in [6.45, 7) is 2.34. The van der Waals surface area contributed by atoms with E-state index in [0.29, 0.717) is 6.54 Å². The molecule has 1 aliphatic heterocycles. The van der Waals surface area contributed by atoms with Crippen molar-refractivity contribution in [3.05, 3.63) is 83.2 Å². The Kier molecular flexibility index (Phi) is 6.03. The fourth-order valence-corrected chi connectivity index (χ4v) is 3.65. The van der Waals surface area contributed by atoms with Gasteiger partial charge < -0.3 is 10.6 Å². The number of halogens is 2. The molecule has 0 spiro atoms. The number of nitrogens with zero attached hydrogens (tertiary/aromatic N) is 2. The van der Waals surface area contributed by atoms with Crippen LogP contribution in [-0.4, -0.2) is 46.0 Å². The first-order valence-electron chi connectivity index (χ1n) is 9.87. The van der Waals surface area contributed by atoms with Crippen molar-refractivity contribution in [2.75, 3.05) is 18.4 Å². The van der Waals surface area contributed by atoms with Gasteiger partial charge in [-0.15, -0.1) is 0 Å². The van der Waals surface area contributed by atoms with Gasteiger partial charge in [0.2, 0.25) is 0 Å². The number of nitrogens with one attached hydrogen (secondary N) is 3. The van der Waals surface area contributed by atoms with E-state index in [1.54, 1.807) is 0 Å². The molecule has 1 atom stereocenters. The topological polar surface area (TPSA) is 90.1 Å². The van der Waals surface area contributed by atoms with E-state index in [1.165, 1.54) is 17.8 Å². The molecule has 2 amide bonds. The standard InChI is InChI=1S/C22H21F2N5O2.H2/c23-16-7-4-8-17(24)19(16)21(30)27-18-11-25-28-20(18)22(31)26-15-9-10-29(13-15)12-14-5-2-1-3-6-14;/h1-8,11,15H,9-10,12-13H2,(H,25,28)(H,26,31)(H,27,30);1H. The van der Waals surface area contributed by atoms with Gasteiger partial charge in [0.05, 0.1) is 11.9 Å². The number of benzene rings is 2. The highest BCUT2D eigenvalue weighted by atomic mass is 19.1. The summed E-state index contributed by atoms with van der Waals surface area (Å²) in [5.74, 6) is -3.43. The summed E-state index contributed by atoms with van der Waals surface area (Å²) >= 11 is 0. The Hall–Kier alpha value is -3.59. The summed E-state index contributed by atoms with van der Waals surface area (Å²) in [6, 6.07) is 13.2. The number of hydrogen-bond donors (Lipinski definition) is 3. The zero-order valence-electron chi connectivity index (χ0n) is 16.6. The van der Waals surface area contributed by atoms with Crippen molar-refractivity contribution < 1.29 is 19.8 Å². The quantitative estimate of drug-likeness (QED) is 0.564. The molecule has 0 radical (unpaired) electrons. The average molecular weight is 427 g/mol. The van der Waals surface area contributed by atoms with Crippen molar-refractivity contribution in [3.63, 3.8) is 0 Å². The van der Waals surface area contributed by atoms with Crippen LogP contribution in [0.3, 0.4) is 0 Å². The highest BCUT2D eigenvalue weighted by Gasteiger charge is 2.26. The lowest BCUT2D eigenvalue weighted by molar-refractivity contribution is 0.0933. The number of likely N-dealkylation sites (tertiary alicyclic amines) is 1. The fourth-order valence-electron chi connectivity index (χ4n) is 3.65. The third-order valence-electron chi connectivity index (χ3n) is 5.16. The first-order chi connectivity index (χ1) is 15.0. The lowest BCUT2D eigenvalue weighted by Gasteiger charge is -2.17. The van der Waals surface area contributed by atoms with Crippen molar-refractivity contribution in [1.29, 1.82) is 0 Å². The number of carbonyl (C=O) groups excluding carboxylic acids is 2. The van der Waals surface area contributed by atoms with Crippen LogP contribution in [0.5, 0.6) is 0 Å². The molecule has 1 aliphatic rings.